The van der Waals surface area contributed by atoms with Crippen LogP contribution >= 0.6 is 0 Å². The second-order valence-corrected chi connectivity index (χ2v) is 7.71. The highest BCUT2D eigenvalue weighted by atomic mass is 16.5. The summed E-state index contributed by atoms with van der Waals surface area (Å²) in [4.78, 5) is 17.2. The molecule has 0 radical (unpaired) electrons. The maximum absolute atomic E-state index is 12.6. The molecule has 2 fully saturated rings. The zero-order chi connectivity index (χ0) is 18.8. The smallest absolute Gasteiger partial charge is 0.237 e. The molecule has 3 rings (SSSR count). The third-order valence-corrected chi connectivity index (χ3v) is 5.15. The molecule has 26 heavy (non-hydrogen) atoms. The van der Waals surface area contributed by atoms with Crippen molar-refractivity contribution in [3.05, 3.63) is 11.3 Å². The maximum atomic E-state index is 12.6. The lowest BCUT2D eigenvalue weighted by Gasteiger charge is -2.31. The number of hydrogen-bond donors (Lipinski definition) is 2. The van der Waals surface area contributed by atoms with Crippen LogP contribution in [0.25, 0.3) is 0 Å². The third-order valence-electron chi connectivity index (χ3n) is 5.15. The normalized spacial score (nSPS) is 24.5. The van der Waals surface area contributed by atoms with Crippen LogP contribution in [0.4, 0.5) is 5.82 Å². The van der Waals surface area contributed by atoms with Gasteiger partial charge in [0.05, 0.1) is 24.9 Å². The average molecular weight is 364 g/mol. The number of aromatic nitrogens is 2. The highest BCUT2D eigenvalue weighted by Gasteiger charge is 2.36. The summed E-state index contributed by atoms with van der Waals surface area (Å²) in [6.07, 6.45) is 0.699. The molecule has 2 saturated heterocycles. The van der Waals surface area contributed by atoms with Gasteiger partial charge in [0.25, 0.3) is 0 Å². The largest absolute Gasteiger partial charge is 0.378 e. The highest BCUT2D eigenvalue weighted by Crippen LogP contribution is 2.28. The molecule has 0 unspecified atom stereocenters. The molecule has 3 N–H and O–H groups in total. The zero-order valence-electron chi connectivity index (χ0n) is 16.4. The molecule has 0 bridgehead atoms. The maximum Gasteiger partial charge on any atom is 0.237 e. The zero-order valence-corrected chi connectivity index (χ0v) is 16.4. The first kappa shape index (κ1) is 19.1. The standard InChI is InChI=1S/C18H32N6O2/c1-12(2)20-17(25)16-9-14(19)10-24(16)11-15-13(3)21-22(4)18(15)23-5-7-26-8-6-23/h12,14,16H,5-11,19H2,1-4H3,(H,20,25)/t14-,16-/m0/s1. The van der Waals surface area contributed by atoms with Gasteiger partial charge in [0.15, 0.2) is 0 Å². The molecule has 1 aromatic rings. The Morgan fingerprint density at radius 3 is 2.73 bits per heavy atom. The van der Waals surface area contributed by atoms with Gasteiger partial charge in [0.1, 0.15) is 5.82 Å². The van der Waals surface area contributed by atoms with Crippen LogP contribution in [-0.4, -0.2) is 71.6 Å². The first-order valence-corrected chi connectivity index (χ1v) is 9.52. The number of rotatable bonds is 5. The molecule has 8 heteroatoms. The monoisotopic (exact) mass is 364 g/mol. The lowest BCUT2D eigenvalue weighted by atomic mass is 10.1. The van der Waals surface area contributed by atoms with Crippen LogP contribution in [0.3, 0.4) is 0 Å². The van der Waals surface area contributed by atoms with E-state index < -0.39 is 0 Å². The van der Waals surface area contributed by atoms with Crippen molar-refractivity contribution in [2.45, 2.75) is 51.9 Å². The topological polar surface area (TPSA) is 88.7 Å². The van der Waals surface area contributed by atoms with E-state index in [2.05, 4.69) is 20.2 Å². The van der Waals surface area contributed by atoms with Gasteiger partial charge in [-0.2, -0.15) is 5.10 Å². The number of aryl methyl sites for hydroxylation is 2. The molecule has 8 nitrogen and oxygen atoms in total. The molecule has 3 heterocycles. The van der Waals surface area contributed by atoms with Crippen LogP contribution in [0.2, 0.25) is 0 Å². The molecule has 2 atom stereocenters. The Morgan fingerprint density at radius 2 is 2.08 bits per heavy atom. The molecule has 0 spiro atoms. The highest BCUT2D eigenvalue weighted by molar-refractivity contribution is 5.82. The number of nitrogens with one attached hydrogen (secondary N) is 1. The number of ether oxygens (including phenoxy) is 1. The Kier molecular flexibility index (Phi) is 5.84. The van der Waals surface area contributed by atoms with Gasteiger partial charge in [-0.25, -0.2) is 0 Å². The van der Waals surface area contributed by atoms with E-state index >= 15 is 0 Å². The predicted octanol–water partition coefficient (Wildman–Crippen LogP) is -0.00868. The molecule has 0 saturated carbocycles. The first-order chi connectivity index (χ1) is 12.4. The summed E-state index contributed by atoms with van der Waals surface area (Å²) < 4.78 is 7.44. The van der Waals surface area contributed by atoms with Crippen LogP contribution < -0.4 is 16.0 Å². The number of amides is 1. The number of carbonyl (C=O) groups is 1. The van der Waals surface area contributed by atoms with Gasteiger partial charge in [-0.1, -0.05) is 0 Å². The number of anilines is 1. The van der Waals surface area contributed by atoms with E-state index in [1.54, 1.807) is 0 Å². The van der Waals surface area contributed by atoms with E-state index in [0.29, 0.717) is 13.0 Å². The summed E-state index contributed by atoms with van der Waals surface area (Å²) in [6.45, 7) is 10.6. The van der Waals surface area contributed by atoms with Crippen LogP contribution in [0.5, 0.6) is 0 Å². The Bertz CT molecular complexity index is 638. The molecule has 0 aliphatic carbocycles. The van der Waals surface area contributed by atoms with Gasteiger partial charge in [-0.05, 0) is 27.2 Å². The van der Waals surface area contributed by atoms with Gasteiger partial charge < -0.3 is 20.7 Å². The van der Waals surface area contributed by atoms with Crippen LogP contribution in [0, 0.1) is 6.92 Å². The van der Waals surface area contributed by atoms with Crippen molar-refractivity contribution >= 4 is 11.7 Å². The van der Waals surface area contributed by atoms with Crippen molar-refractivity contribution in [2.75, 3.05) is 37.7 Å². The fourth-order valence-electron chi connectivity index (χ4n) is 4.02. The lowest BCUT2D eigenvalue weighted by Crippen LogP contribution is -2.45. The summed E-state index contributed by atoms with van der Waals surface area (Å²) in [7, 11) is 1.99. The van der Waals surface area contributed by atoms with Crippen LogP contribution in [0.15, 0.2) is 0 Å². The van der Waals surface area contributed by atoms with Crippen molar-refractivity contribution in [3.8, 4) is 0 Å². The van der Waals surface area contributed by atoms with Crippen molar-refractivity contribution in [2.24, 2.45) is 12.8 Å². The molecule has 1 amide bonds. The first-order valence-electron chi connectivity index (χ1n) is 9.52. The lowest BCUT2D eigenvalue weighted by molar-refractivity contribution is -0.126. The number of nitrogens with two attached hydrogens (primary N) is 1. The SMILES string of the molecule is Cc1nn(C)c(N2CCOCC2)c1CN1C[C@@H](N)C[C@H]1C(=O)NC(C)C. The van der Waals surface area contributed by atoms with Crippen molar-refractivity contribution in [1.29, 1.82) is 0 Å². The van der Waals surface area contributed by atoms with Crippen molar-refractivity contribution in [1.82, 2.24) is 20.0 Å². The fraction of sp³-hybridized carbons (Fsp3) is 0.778. The van der Waals surface area contributed by atoms with Crippen molar-refractivity contribution in [3.63, 3.8) is 0 Å². The van der Waals surface area contributed by atoms with Gasteiger partial charge in [0, 0.05) is 50.9 Å². The Morgan fingerprint density at radius 1 is 1.38 bits per heavy atom. The quantitative estimate of drug-likeness (QED) is 0.764. The third kappa shape index (κ3) is 4.02. The van der Waals surface area contributed by atoms with Crippen LogP contribution in [-0.2, 0) is 23.1 Å². The number of likely N-dealkylation sites (tertiary alicyclic amines) is 1. The minimum absolute atomic E-state index is 0.0294. The predicted molar refractivity (Wildman–Crippen MR) is 101 cm³/mol. The summed E-state index contributed by atoms with van der Waals surface area (Å²) in [6, 6.07) is -0.0171. The van der Waals surface area contributed by atoms with Gasteiger partial charge in [-0.3, -0.25) is 14.4 Å². The van der Waals surface area contributed by atoms with E-state index in [1.807, 2.05) is 32.5 Å². The Balaban J connectivity index is 1.81. The number of hydrogen-bond acceptors (Lipinski definition) is 6. The Labute approximate surface area is 155 Å². The number of morpholine rings is 1. The van der Waals surface area contributed by atoms with Crippen molar-refractivity contribution < 1.29 is 9.53 Å². The molecule has 0 aromatic carbocycles. The molecule has 1 aromatic heterocycles. The van der Waals surface area contributed by atoms with Gasteiger partial charge in [-0.15, -0.1) is 0 Å². The molecule has 2 aliphatic rings. The molecular formula is C18H32N6O2. The van der Waals surface area contributed by atoms with Gasteiger partial charge in [0.2, 0.25) is 5.91 Å². The van der Waals surface area contributed by atoms with Crippen LogP contribution in [0.1, 0.15) is 31.5 Å². The minimum atomic E-state index is -0.176. The Hall–Kier alpha value is -1.64. The summed E-state index contributed by atoms with van der Waals surface area (Å²) in [5, 5.41) is 7.68. The number of carbonyl (C=O) groups excluding carboxylic acids is 1. The minimum Gasteiger partial charge on any atom is -0.378 e. The van der Waals surface area contributed by atoms with E-state index in [1.165, 1.54) is 5.56 Å². The second-order valence-electron chi connectivity index (χ2n) is 7.71. The van der Waals surface area contributed by atoms with Gasteiger partial charge >= 0.3 is 0 Å². The summed E-state index contributed by atoms with van der Waals surface area (Å²) in [5.74, 6) is 1.21. The fourth-order valence-corrected chi connectivity index (χ4v) is 4.02. The molecular weight excluding hydrogens is 332 g/mol. The second kappa shape index (κ2) is 7.94. The summed E-state index contributed by atoms with van der Waals surface area (Å²) in [5.41, 5.74) is 8.39. The van der Waals surface area contributed by atoms with E-state index in [4.69, 9.17) is 10.5 Å². The van der Waals surface area contributed by atoms with E-state index in [-0.39, 0.29) is 24.0 Å². The molecule has 2 aliphatic heterocycles. The van der Waals surface area contributed by atoms with E-state index in [0.717, 1.165) is 44.4 Å². The summed E-state index contributed by atoms with van der Waals surface area (Å²) >= 11 is 0. The average Bonchev–Trinajstić information content (AvgIpc) is 3.07. The number of nitrogens with zero attached hydrogens (tertiary/aromatic N) is 4. The molecule has 146 valence electrons. The van der Waals surface area contributed by atoms with E-state index in [9.17, 15) is 4.79 Å².